The second-order valence-electron chi connectivity index (χ2n) is 7.64. The van der Waals surface area contributed by atoms with E-state index >= 15 is 0 Å². The van der Waals surface area contributed by atoms with Crippen molar-refractivity contribution in [2.75, 3.05) is 11.1 Å². The Bertz CT molecular complexity index is 1390. The van der Waals surface area contributed by atoms with Crippen LogP contribution in [0.4, 0.5) is 11.4 Å². The van der Waals surface area contributed by atoms with Gasteiger partial charge in [0, 0.05) is 0 Å². The van der Waals surface area contributed by atoms with Crippen molar-refractivity contribution in [1.29, 1.82) is 0 Å². The summed E-state index contributed by atoms with van der Waals surface area (Å²) < 4.78 is 1.66. The van der Waals surface area contributed by atoms with Crippen molar-refractivity contribution in [3.63, 3.8) is 0 Å². The molecule has 2 aromatic heterocycles. The van der Waals surface area contributed by atoms with Gasteiger partial charge < -0.3 is 11.1 Å². The van der Waals surface area contributed by atoms with Crippen LogP contribution >= 0.6 is 11.3 Å². The highest BCUT2D eigenvalue weighted by Gasteiger charge is 2.14. The van der Waals surface area contributed by atoms with E-state index in [1.54, 1.807) is 28.3 Å². The summed E-state index contributed by atoms with van der Waals surface area (Å²) in [7, 11) is 0. The third kappa shape index (κ3) is 4.68. The number of anilines is 2. The second-order valence-corrected chi connectivity index (χ2v) is 8.42. The van der Waals surface area contributed by atoms with Crippen LogP contribution in [0, 0.1) is 0 Å². The molecular weight excluding hydrogens is 430 g/mol. The van der Waals surface area contributed by atoms with Crippen molar-refractivity contribution >= 4 is 28.6 Å². The highest BCUT2D eigenvalue weighted by Crippen LogP contribution is 2.29. The van der Waals surface area contributed by atoms with Crippen LogP contribution in [0.3, 0.4) is 0 Å². The molecule has 0 bridgehead atoms. The first-order chi connectivity index (χ1) is 16.2. The molecule has 3 N–H and O–H groups in total. The molecule has 2 heterocycles. The Balaban J connectivity index is 1.30. The van der Waals surface area contributed by atoms with Gasteiger partial charge in [0.1, 0.15) is 0 Å². The highest BCUT2D eigenvalue weighted by molar-refractivity contribution is 7.08. The molecule has 33 heavy (non-hydrogen) atoms. The number of aromatic nitrogens is 3. The minimum Gasteiger partial charge on any atom is -0.397 e. The number of carbonyl (C=O) groups excluding carboxylic acids is 1. The SMILES string of the molecule is Nc1ccc(-c2ccsc2)cc1NC(=O)c1cn(Cc2cccc(-c3ccccc3)c2)nn1. The maximum Gasteiger partial charge on any atom is 0.277 e. The predicted octanol–water partition coefficient (Wildman–Crippen LogP) is 5.56. The molecule has 0 spiro atoms. The van der Waals surface area contributed by atoms with Gasteiger partial charge in [0.15, 0.2) is 5.69 Å². The van der Waals surface area contributed by atoms with Crippen LogP contribution in [0.5, 0.6) is 0 Å². The molecule has 0 atom stereocenters. The zero-order valence-electron chi connectivity index (χ0n) is 17.7. The minimum absolute atomic E-state index is 0.231. The van der Waals surface area contributed by atoms with E-state index in [0.717, 1.165) is 27.8 Å². The van der Waals surface area contributed by atoms with E-state index in [2.05, 4.69) is 45.3 Å². The number of nitrogens with zero attached hydrogens (tertiary/aromatic N) is 3. The number of nitrogens with one attached hydrogen (secondary N) is 1. The van der Waals surface area contributed by atoms with Crippen LogP contribution < -0.4 is 11.1 Å². The average molecular weight is 452 g/mol. The molecule has 0 saturated heterocycles. The Morgan fingerprint density at radius 2 is 1.73 bits per heavy atom. The maximum atomic E-state index is 12.8. The van der Waals surface area contributed by atoms with Crippen LogP contribution in [0.1, 0.15) is 16.1 Å². The first-order valence-electron chi connectivity index (χ1n) is 10.4. The van der Waals surface area contributed by atoms with Gasteiger partial charge in [-0.25, -0.2) is 4.68 Å². The molecule has 0 radical (unpaired) electrons. The van der Waals surface area contributed by atoms with Crippen molar-refractivity contribution in [1.82, 2.24) is 15.0 Å². The van der Waals surface area contributed by atoms with E-state index in [0.29, 0.717) is 17.9 Å². The fraction of sp³-hybridized carbons (Fsp3) is 0.0385. The summed E-state index contributed by atoms with van der Waals surface area (Å²) in [4.78, 5) is 12.8. The Morgan fingerprint density at radius 3 is 2.55 bits per heavy atom. The number of hydrogen-bond acceptors (Lipinski definition) is 5. The molecule has 6 nitrogen and oxygen atoms in total. The van der Waals surface area contributed by atoms with Gasteiger partial charge >= 0.3 is 0 Å². The molecule has 0 aliphatic rings. The van der Waals surface area contributed by atoms with E-state index in [9.17, 15) is 4.79 Å². The highest BCUT2D eigenvalue weighted by atomic mass is 32.1. The van der Waals surface area contributed by atoms with Gasteiger partial charge in [-0.05, 0) is 62.8 Å². The van der Waals surface area contributed by atoms with E-state index in [1.807, 2.05) is 53.9 Å². The van der Waals surface area contributed by atoms with Gasteiger partial charge in [-0.2, -0.15) is 11.3 Å². The van der Waals surface area contributed by atoms with Crippen molar-refractivity contribution < 1.29 is 4.79 Å². The second kappa shape index (κ2) is 9.10. The van der Waals surface area contributed by atoms with Gasteiger partial charge in [0.25, 0.3) is 5.91 Å². The van der Waals surface area contributed by atoms with Crippen molar-refractivity contribution in [3.8, 4) is 22.3 Å². The Hall–Kier alpha value is -4.23. The summed E-state index contributed by atoms with van der Waals surface area (Å²) in [5, 5.41) is 15.1. The summed E-state index contributed by atoms with van der Waals surface area (Å²) in [6.45, 7) is 0.511. The van der Waals surface area contributed by atoms with E-state index in [1.165, 1.54) is 0 Å². The smallest absolute Gasteiger partial charge is 0.277 e. The van der Waals surface area contributed by atoms with Gasteiger partial charge in [-0.1, -0.05) is 59.8 Å². The molecule has 162 valence electrons. The van der Waals surface area contributed by atoms with Crippen molar-refractivity contribution in [3.05, 3.63) is 107 Å². The van der Waals surface area contributed by atoms with E-state index in [4.69, 9.17) is 5.73 Å². The van der Waals surface area contributed by atoms with Crippen LogP contribution in [0.15, 0.2) is 95.8 Å². The normalized spacial score (nSPS) is 10.8. The molecule has 0 fully saturated rings. The number of amides is 1. The minimum atomic E-state index is -0.353. The van der Waals surface area contributed by atoms with Gasteiger partial charge in [-0.3, -0.25) is 4.79 Å². The summed E-state index contributed by atoms with van der Waals surface area (Å²) in [5.74, 6) is -0.353. The van der Waals surface area contributed by atoms with E-state index < -0.39 is 0 Å². The topological polar surface area (TPSA) is 85.8 Å². The number of benzene rings is 3. The van der Waals surface area contributed by atoms with Crippen LogP contribution in [-0.4, -0.2) is 20.9 Å². The molecule has 5 aromatic rings. The largest absolute Gasteiger partial charge is 0.397 e. The molecular formula is C26H21N5OS. The Kier molecular flexibility index (Phi) is 5.70. The zero-order valence-corrected chi connectivity index (χ0v) is 18.5. The number of carbonyl (C=O) groups is 1. The monoisotopic (exact) mass is 451 g/mol. The zero-order chi connectivity index (χ0) is 22.6. The Morgan fingerprint density at radius 1 is 0.909 bits per heavy atom. The lowest BCUT2D eigenvalue weighted by atomic mass is 10.0. The lowest BCUT2D eigenvalue weighted by molar-refractivity contribution is 0.102. The van der Waals surface area contributed by atoms with Crippen molar-refractivity contribution in [2.24, 2.45) is 0 Å². The summed E-state index contributed by atoms with van der Waals surface area (Å²) in [6, 6.07) is 26.1. The van der Waals surface area contributed by atoms with Crippen molar-refractivity contribution in [2.45, 2.75) is 6.54 Å². The van der Waals surface area contributed by atoms with E-state index in [-0.39, 0.29) is 11.6 Å². The maximum absolute atomic E-state index is 12.8. The number of rotatable bonds is 6. The molecule has 1 amide bonds. The fourth-order valence-electron chi connectivity index (χ4n) is 3.61. The number of nitrogens with two attached hydrogens (primary N) is 1. The third-order valence-electron chi connectivity index (χ3n) is 5.31. The van der Waals surface area contributed by atoms with Gasteiger partial charge in [0.2, 0.25) is 0 Å². The van der Waals surface area contributed by atoms with Crippen LogP contribution in [0.25, 0.3) is 22.3 Å². The molecule has 7 heteroatoms. The summed E-state index contributed by atoms with van der Waals surface area (Å²) in [5.41, 5.74) is 12.8. The Labute approximate surface area is 195 Å². The molecule has 0 saturated carbocycles. The quantitative estimate of drug-likeness (QED) is 0.331. The van der Waals surface area contributed by atoms with Crippen LogP contribution in [-0.2, 0) is 6.54 Å². The number of hydrogen-bond donors (Lipinski definition) is 2. The standard InChI is InChI=1S/C26H21N5OS/c27-23-10-9-21(22-11-12-33-17-22)14-24(23)28-26(32)25-16-31(30-29-25)15-18-5-4-8-20(13-18)19-6-2-1-3-7-19/h1-14,16-17H,15,27H2,(H,28,32). The fourth-order valence-corrected chi connectivity index (χ4v) is 4.27. The molecule has 0 aliphatic heterocycles. The molecule has 5 rings (SSSR count). The van der Waals surface area contributed by atoms with Gasteiger partial charge in [-0.15, -0.1) is 5.10 Å². The molecule has 0 aliphatic carbocycles. The molecule has 3 aromatic carbocycles. The first-order valence-corrected chi connectivity index (χ1v) is 11.4. The first kappa shape index (κ1) is 20.7. The molecule has 0 unspecified atom stereocenters. The predicted molar refractivity (Wildman–Crippen MR) is 133 cm³/mol. The van der Waals surface area contributed by atoms with Gasteiger partial charge in [0.05, 0.1) is 24.1 Å². The summed E-state index contributed by atoms with van der Waals surface area (Å²) in [6.07, 6.45) is 1.64. The third-order valence-corrected chi connectivity index (χ3v) is 5.99. The lowest BCUT2D eigenvalue weighted by Crippen LogP contribution is -2.13. The average Bonchev–Trinajstić information content (AvgIpc) is 3.54. The van der Waals surface area contributed by atoms with Crippen LogP contribution in [0.2, 0.25) is 0 Å². The number of thiophene rings is 1. The lowest BCUT2D eigenvalue weighted by Gasteiger charge is -2.09. The number of nitrogen functional groups attached to an aromatic ring is 1. The summed E-state index contributed by atoms with van der Waals surface area (Å²) >= 11 is 1.62.